The van der Waals surface area contributed by atoms with Gasteiger partial charge in [-0.2, -0.15) is 5.26 Å². The number of methoxy groups -OCH3 is 1. The summed E-state index contributed by atoms with van der Waals surface area (Å²) >= 11 is 5.86. The Morgan fingerprint density at radius 2 is 1.93 bits per heavy atom. The van der Waals surface area contributed by atoms with Crippen LogP contribution in [0.3, 0.4) is 0 Å². The largest absolute Gasteiger partial charge is 0.497 e. The van der Waals surface area contributed by atoms with E-state index >= 15 is 0 Å². The van der Waals surface area contributed by atoms with Gasteiger partial charge in [0.1, 0.15) is 17.4 Å². The van der Waals surface area contributed by atoms with E-state index in [-0.39, 0.29) is 5.57 Å². The molecule has 2 aromatic rings. The summed E-state index contributed by atoms with van der Waals surface area (Å²) in [4.78, 5) is 24.3. The number of benzene rings is 2. The summed E-state index contributed by atoms with van der Waals surface area (Å²) in [5, 5.41) is 12.3. The summed E-state index contributed by atoms with van der Waals surface area (Å²) in [6.45, 7) is 1.42. The molecule has 27 heavy (non-hydrogen) atoms. The number of nitrogens with zero attached hydrogens (tertiary/aromatic N) is 1. The number of carbonyl (C=O) groups is 2. The number of nitrogens with one attached hydrogen (secondary N) is 1. The molecule has 0 unspecified atom stereocenters. The van der Waals surface area contributed by atoms with E-state index < -0.39 is 18.0 Å². The monoisotopic (exact) mass is 384 g/mol. The number of hydrogen-bond donors (Lipinski definition) is 1. The van der Waals surface area contributed by atoms with E-state index in [0.29, 0.717) is 22.0 Å². The van der Waals surface area contributed by atoms with Crippen LogP contribution in [0.2, 0.25) is 5.02 Å². The summed E-state index contributed by atoms with van der Waals surface area (Å²) in [6.07, 6.45) is 0.285. The number of anilines is 1. The van der Waals surface area contributed by atoms with Crippen LogP contribution < -0.4 is 10.1 Å². The first-order chi connectivity index (χ1) is 12.9. The molecule has 138 valence electrons. The Hall–Kier alpha value is -3.30. The minimum Gasteiger partial charge on any atom is -0.497 e. The molecule has 0 aliphatic rings. The molecule has 1 atom stereocenters. The van der Waals surface area contributed by atoms with E-state index in [9.17, 15) is 14.9 Å². The maximum atomic E-state index is 12.2. The zero-order valence-corrected chi connectivity index (χ0v) is 15.5. The third-order valence-corrected chi connectivity index (χ3v) is 3.75. The second-order valence-corrected chi connectivity index (χ2v) is 5.93. The first-order valence-electron chi connectivity index (χ1n) is 7.96. The summed E-state index contributed by atoms with van der Waals surface area (Å²) in [5.74, 6) is -0.769. The summed E-state index contributed by atoms with van der Waals surface area (Å²) < 4.78 is 10.1. The number of halogens is 1. The maximum Gasteiger partial charge on any atom is 0.349 e. The van der Waals surface area contributed by atoms with Gasteiger partial charge in [0.2, 0.25) is 0 Å². The molecule has 0 radical (unpaired) electrons. The van der Waals surface area contributed by atoms with Gasteiger partial charge in [-0.15, -0.1) is 0 Å². The van der Waals surface area contributed by atoms with Gasteiger partial charge in [0.15, 0.2) is 6.10 Å². The fourth-order valence-electron chi connectivity index (χ4n) is 2.09. The summed E-state index contributed by atoms with van der Waals surface area (Å²) in [7, 11) is 1.54. The molecular formula is C20H17ClN2O4. The van der Waals surface area contributed by atoms with Gasteiger partial charge in [-0.1, -0.05) is 29.8 Å². The van der Waals surface area contributed by atoms with Crippen molar-refractivity contribution in [2.24, 2.45) is 0 Å². The molecule has 0 saturated carbocycles. The smallest absolute Gasteiger partial charge is 0.349 e. The number of esters is 1. The third-order valence-electron chi connectivity index (χ3n) is 3.51. The van der Waals surface area contributed by atoms with Crippen LogP contribution in [0, 0.1) is 11.3 Å². The molecule has 6 nitrogen and oxygen atoms in total. The molecule has 0 aliphatic carbocycles. The van der Waals surface area contributed by atoms with Crippen LogP contribution in [0.5, 0.6) is 5.75 Å². The van der Waals surface area contributed by atoms with Crippen molar-refractivity contribution in [3.8, 4) is 11.8 Å². The van der Waals surface area contributed by atoms with E-state index in [0.717, 1.165) is 0 Å². The van der Waals surface area contributed by atoms with Crippen molar-refractivity contribution in [1.29, 1.82) is 5.26 Å². The zero-order valence-electron chi connectivity index (χ0n) is 14.7. The first kappa shape index (κ1) is 20.0. The van der Waals surface area contributed by atoms with Gasteiger partial charge >= 0.3 is 5.97 Å². The van der Waals surface area contributed by atoms with E-state index in [2.05, 4.69) is 5.32 Å². The highest BCUT2D eigenvalue weighted by molar-refractivity contribution is 6.30. The van der Waals surface area contributed by atoms with Gasteiger partial charge in [-0.05, 0) is 48.9 Å². The van der Waals surface area contributed by atoms with E-state index in [1.54, 1.807) is 61.7 Å². The van der Waals surface area contributed by atoms with Gasteiger partial charge in [0.05, 0.1) is 7.11 Å². The number of carbonyl (C=O) groups excluding carboxylic acids is 2. The van der Waals surface area contributed by atoms with Crippen molar-refractivity contribution in [2.45, 2.75) is 13.0 Å². The molecule has 2 rings (SSSR count). The molecule has 0 fully saturated rings. The van der Waals surface area contributed by atoms with Gasteiger partial charge in [0.25, 0.3) is 5.91 Å². The van der Waals surface area contributed by atoms with Gasteiger partial charge < -0.3 is 14.8 Å². The molecular weight excluding hydrogens is 368 g/mol. The molecule has 7 heteroatoms. The summed E-state index contributed by atoms with van der Waals surface area (Å²) in [5.41, 5.74) is 0.882. The maximum absolute atomic E-state index is 12.2. The second-order valence-electron chi connectivity index (χ2n) is 5.49. The Bertz CT molecular complexity index is 901. The Kier molecular flexibility index (Phi) is 6.98. The quantitative estimate of drug-likeness (QED) is 0.464. The minimum atomic E-state index is -1.09. The van der Waals surface area contributed by atoms with Crippen molar-refractivity contribution in [3.63, 3.8) is 0 Å². The van der Waals surface area contributed by atoms with Crippen LogP contribution in [-0.4, -0.2) is 25.1 Å². The lowest BCUT2D eigenvalue weighted by molar-refractivity contribution is -0.148. The van der Waals surface area contributed by atoms with Crippen LogP contribution >= 0.6 is 11.6 Å². The lowest BCUT2D eigenvalue weighted by Crippen LogP contribution is -2.30. The molecule has 1 amide bonds. The Morgan fingerprint density at radius 3 is 2.52 bits per heavy atom. The highest BCUT2D eigenvalue weighted by Gasteiger charge is 2.20. The molecule has 0 spiro atoms. The minimum absolute atomic E-state index is 0.220. The normalized spacial score (nSPS) is 11.9. The Morgan fingerprint density at radius 1 is 1.22 bits per heavy atom. The SMILES string of the molecule is COc1ccc(/C=C(\C#N)C(=O)O[C@@H](C)C(=O)Nc2cccc(Cl)c2)cc1. The van der Waals surface area contributed by atoms with E-state index in [4.69, 9.17) is 21.1 Å². The van der Waals surface area contributed by atoms with Crippen LogP contribution in [0.1, 0.15) is 12.5 Å². The zero-order chi connectivity index (χ0) is 19.8. The van der Waals surface area contributed by atoms with E-state index in [1.165, 1.54) is 13.0 Å². The van der Waals surface area contributed by atoms with Crippen LogP contribution in [-0.2, 0) is 14.3 Å². The molecule has 0 aromatic heterocycles. The Labute approximate surface area is 162 Å². The van der Waals surface area contributed by atoms with Crippen LogP contribution in [0.25, 0.3) is 6.08 Å². The van der Waals surface area contributed by atoms with Crippen molar-refractivity contribution < 1.29 is 19.1 Å². The average molecular weight is 385 g/mol. The fourth-order valence-corrected chi connectivity index (χ4v) is 2.28. The number of hydrogen-bond acceptors (Lipinski definition) is 5. The number of nitriles is 1. The molecule has 1 N–H and O–H groups in total. The first-order valence-corrected chi connectivity index (χ1v) is 8.34. The number of amides is 1. The summed E-state index contributed by atoms with van der Waals surface area (Å²) in [6, 6.07) is 15.2. The predicted molar refractivity (Wildman–Crippen MR) is 102 cm³/mol. The van der Waals surface area contributed by atoms with Crippen molar-refractivity contribution in [1.82, 2.24) is 0 Å². The fraction of sp³-hybridized carbons (Fsp3) is 0.150. The Balaban J connectivity index is 2.03. The van der Waals surface area contributed by atoms with Crippen molar-refractivity contribution in [2.75, 3.05) is 12.4 Å². The standard InChI is InChI=1S/C20H17ClN2O4/c1-13(19(24)23-17-5-3-4-16(21)11-17)27-20(25)15(12-22)10-14-6-8-18(26-2)9-7-14/h3-11,13H,1-2H3,(H,23,24)/b15-10+/t13-/m0/s1. The van der Waals surface area contributed by atoms with Crippen LogP contribution in [0.4, 0.5) is 5.69 Å². The molecule has 2 aromatic carbocycles. The van der Waals surface area contributed by atoms with Crippen molar-refractivity contribution in [3.05, 3.63) is 64.7 Å². The molecule has 0 heterocycles. The lowest BCUT2D eigenvalue weighted by Gasteiger charge is -2.13. The third kappa shape index (κ3) is 5.87. The average Bonchev–Trinajstić information content (AvgIpc) is 2.66. The van der Waals surface area contributed by atoms with Crippen LogP contribution in [0.15, 0.2) is 54.1 Å². The second kappa shape index (κ2) is 9.41. The highest BCUT2D eigenvalue weighted by atomic mass is 35.5. The molecule has 0 bridgehead atoms. The topological polar surface area (TPSA) is 88.4 Å². The van der Waals surface area contributed by atoms with Gasteiger partial charge in [0, 0.05) is 10.7 Å². The molecule has 0 saturated heterocycles. The number of ether oxygens (including phenoxy) is 2. The lowest BCUT2D eigenvalue weighted by atomic mass is 10.1. The predicted octanol–water partition coefficient (Wildman–Crippen LogP) is 3.83. The van der Waals surface area contributed by atoms with Gasteiger partial charge in [-0.25, -0.2) is 4.79 Å². The van der Waals surface area contributed by atoms with Gasteiger partial charge in [-0.3, -0.25) is 4.79 Å². The molecule has 0 aliphatic heterocycles. The van der Waals surface area contributed by atoms with Crippen molar-refractivity contribution >= 4 is 35.2 Å². The highest BCUT2D eigenvalue weighted by Crippen LogP contribution is 2.17. The number of rotatable bonds is 6. The van der Waals surface area contributed by atoms with E-state index in [1.807, 2.05) is 0 Å².